The van der Waals surface area contributed by atoms with Gasteiger partial charge in [-0.15, -0.1) is 0 Å². The molecule has 1 aliphatic rings. The fraction of sp³-hybridized carbons (Fsp3) is 0.600. The summed E-state index contributed by atoms with van der Waals surface area (Å²) in [6.45, 7) is 0.812. The van der Waals surface area contributed by atoms with Crippen molar-refractivity contribution in [2.75, 3.05) is 13.7 Å². The second kappa shape index (κ2) is 6.65. The molecular formula is C15H23NO. The zero-order valence-corrected chi connectivity index (χ0v) is 10.7. The highest BCUT2D eigenvalue weighted by molar-refractivity contribution is 5.20. The molecule has 1 atom stereocenters. The summed E-state index contributed by atoms with van der Waals surface area (Å²) >= 11 is 0. The number of hydrogen-bond donors (Lipinski definition) is 1. The lowest BCUT2D eigenvalue weighted by Gasteiger charge is -2.22. The first kappa shape index (κ1) is 12.4. The minimum atomic E-state index is 0.626. The van der Waals surface area contributed by atoms with Crippen LogP contribution in [0.1, 0.15) is 32.1 Å². The van der Waals surface area contributed by atoms with Crippen molar-refractivity contribution in [2.45, 2.75) is 38.1 Å². The lowest BCUT2D eigenvalue weighted by molar-refractivity contribution is 0.258. The molecule has 0 amide bonds. The van der Waals surface area contributed by atoms with E-state index in [2.05, 4.69) is 12.4 Å². The molecule has 1 aromatic carbocycles. The van der Waals surface area contributed by atoms with E-state index in [1.807, 2.05) is 30.3 Å². The highest BCUT2D eigenvalue weighted by atomic mass is 16.5. The lowest BCUT2D eigenvalue weighted by Crippen LogP contribution is -2.33. The molecule has 1 N–H and O–H groups in total. The molecule has 0 spiro atoms. The third kappa shape index (κ3) is 3.74. The van der Waals surface area contributed by atoms with E-state index >= 15 is 0 Å². The zero-order valence-electron chi connectivity index (χ0n) is 10.7. The summed E-state index contributed by atoms with van der Waals surface area (Å²) in [4.78, 5) is 0. The number of para-hydroxylation sites is 1. The van der Waals surface area contributed by atoms with Crippen LogP contribution in [-0.2, 0) is 0 Å². The fourth-order valence-corrected chi connectivity index (χ4v) is 2.80. The standard InChI is InChI=1S/C15H23NO/c1-16-15(13-7-5-6-8-13)11-12-17-14-9-3-2-4-10-14/h2-4,9-10,13,15-16H,5-8,11-12H2,1H3. The third-order valence-electron chi connectivity index (χ3n) is 3.78. The van der Waals surface area contributed by atoms with Gasteiger partial charge in [0.05, 0.1) is 6.61 Å². The maximum Gasteiger partial charge on any atom is 0.119 e. The van der Waals surface area contributed by atoms with Crippen LogP contribution in [0.2, 0.25) is 0 Å². The van der Waals surface area contributed by atoms with Gasteiger partial charge in [-0.3, -0.25) is 0 Å². The molecule has 0 saturated heterocycles. The average molecular weight is 233 g/mol. The Labute approximate surface area is 104 Å². The quantitative estimate of drug-likeness (QED) is 0.814. The second-order valence-electron chi connectivity index (χ2n) is 4.89. The Kier molecular flexibility index (Phi) is 4.87. The van der Waals surface area contributed by atoms with E-state index in [-0.39, 0.29) is 0 Å². The Morgan fingerprint density at radius 2 is 1.94 bits per heavy atom. The number of ether oxygens (including phenoxy) is 1. The van der Waals surface area contributed by atoms with Crippen molar-refractivity contribution >= 4 is 0 Å². The first-order valence-electron chi connectivity index (χ1n) is 6.75. The SMILES string of the molecule is CNC(CCOc1ccccc1)C1CCCC1. The van der Waals surface area contributed by atoms with Crippen LogP contribution >= 0.6 is 0 Å². The van der Waals surface area contributed by atoms with E-state index in [1.165, 1.54) is 25.7 Å². The molecule has 94 valence electrons. The highest BCUT2D eigenvalue weighted by Gasteiger charge is 2.23. The molecule has 1 aliphatic carbocycles. The minimum absolute atomic E-state index is 0.626. The summed E-state index contributed by atoms with van der Waals surface area (Å²) in [5.74, 6) is 1.84. The molecule has 0 heterocycles. The molecule has 1 unspecified atom stereocenters. The van der Waals surface area contributed by atoms with Gasteiger partial charge in [0.2, 0.25) is 0 Å². The normalized spacial score (nSPS) is 18.2. The molecular weight excluding hydrogens is 210 g/mol. The Hall–Kier alpha value is -1.02. The Morgan fingerprint density at radius 1 is 1.24 bits per heavy atom. The Balaban J connectivity index is 1.72. The van der Waals surface area contributed by atoms with Crippen molar-refractivity contribution in [3.05, 3.63) is 30.3 Å². The van der Waals surface area contributed by atoms with Gasteiger partial charge in [-0.25, -0.2) is 0 Å². The molecule has 2 heteroatoms. The van der Waals surface area contributed by atoms with Gasteiger partial charge in [0, 0.05) is 6.04 Å². The topological polar surface area (TPSA) is 21.3 Å². The Bertz CT molecular complexity index is 306. The third-order valence-corrected chi connectivity index (χ3v) is 3.78. The molecule has 1 fully saturated rings. The van der Waals surface area contributed by atoms with Gasteiger partial charge in [0.25, 0.3) is 0 Å². The zero-order chi connectivity index (χ0) is 11.9. The molecule has 2 rings (SSSR count). The summed E-state index contributed by atoms with van der Waals surface area (Å²) < 4.78 is 5.76. The summed E-state index contributed by atoms with van der Waals surface area (Å²) in [6.07, 6.45) is 6.69. The van der Waals surface area contributed by atoms with Crippen LogP contribution < -0.4 is 10.1 Å². The summed E-state index contributed by atoms with van der Waals surface area (Å²) in [7, 11) is 2.07. The van der Waals surface area contributed by atoms with Crippen LogP contribution in [0.15, 0.2) is 30.3 Å². The largest absolute Gasteiger partial charge is 0.494 e. The van der Waals surface area contributed by atoms with Crippen molar-refractivity contribution in [1.29, 1.82) is 0 Å². The fourth-order valence-electron chi connectivity index (χ4n) is 2.80. The van der Waals surface area contributed by atoms with E-state index in [0.717, 1.165) is 24.7 Å². The van der Waals surface area contributed by atoms with Gasteiger partial charge < -0.3 is 10.1 Å². The summed E-state index contributed by atoms with van der Waals surface area (Å²) in [6, 6.07) is 10.7. The van der Waals surface area contributed by atoms with Gasteiger partial charge >= 0.3 is 0 Å². The molecule has 2 nitrogen and oxygen atoms in total. The highest BCUT2D eigenvalue weighted by Crippen LogP contribution is 2.28. The van der Waals surface area contributed by atoms with Crippen molar-refractivity contribution in [3.63, 3.8) is 0 Å². The lowest BCUT2D eigenvalue weighted by atomic mass is 9.96. The van der Waals surface area contributed by atoms with E-state index in [1.54, 1.807) is 0 Å². The predicted molar refractivity (Wildman–Crippen MR) is 71.4 cm³/mol. The smallest absolute Gasteiger partial charge is 0.119 e. The predicted octanol–water partition coefficient (Wildman–Crippen LogP) is 3.23. The molecule has 0 radical (unpaired) electrons. The van der Waals surface area contributed by atoms with Crippen LogP contribution in [0.5, 0.6) is 5.75 Å². The minimum Gasteiger partial charge on any atom is -0.494 e. The molecule has 1 aromatic rings. The van der Waals surface area contributed by atoms with Crippen LogP contribution in [0.3, 0.4) is 0 Å². The van der Waals surface area contributed by atoms with Crippen LogP contribution in [0.25, 0.3) is 0 Å². The van der Waals surface area contributed by atoms with E-state index in [4.69, 9.17) is 4.74 Å². The van der Waals surface area contributed by atoms with E-state index in [0.29, 0.717) is 6.04 Å². The van der Waals surface area contributed by atoms with Gasteiger partial charge in [-0.1, -0.05) is 31.0 Å². The Morgan fingerprint density at radius 3 is 2.59 bits per heavy atom. The number of nitrogens with one attached hydrogen (secondary N) is 1. The maximum atomic E-state index is 5.76. The maximum absolute atomic E-state index is 5.76. The van der Waals surface area contributed by atoms with E-state index < -0.39 is 0 Å². The molecule has 0 aliphatic heterocycles. The van der Waals surface area contributed by atoms with Gasteiger partial charge in [-0.2, -0.15) is 0 Å². The van der Waals surface area contributed by atoms with Crippen LogP contribution in [0.4, 0.5) is 0 Å². The summed E-state index contributed by atoms with van der Waals surface area (Å²) in [5.41, 5.74) is 0. The molecule has 17 heavy (non-hydrogen) atoms. The first-order valence-corrected chi connectivity index (χ1v) is 6.75. The molecule has 0 bridgehead atoms. The van der Waals surface area contributed by atoms with Crippen molar-refractivity contribution in [1.82, 2.24) is 5.32 Å². The van der Waals surface area contributed by atoms with Gasteiger partial charge in [0.15, 0.2) is 0 Å². The average Bonchev–Trinajstić information content (AvgIpc) is 2.90. The second-order valence-corrected chi connectivity index (χ2v) is 4.89. The monoisotopic (exact) mass is 233 g/mol. The van der Waals surface area contributed by atoms with Crippen LogP contribution in [-0.4, -0.2) is 19.7 Å². The first-order chi connectivity index (χ1) is 8.40. The number of rotatable bonds is 6. The van der Waals surface area contributed by atoms with Crippen molar-refractivity contribution in [3.8, 4) is 5.75 Å². The summed E-state index contributed by atoms with van der Waals surface area (Å²) in [5, 5.41) is 3.45. The molecule has 1 saturated carbocycles. The van der Waals surface area contributed by atoms with Gasteiger partial charge in [-0.05, 0) is 44.4 Å². The molecule has 0 aromatic heterocycles. The van der Waals surface area contributed by atoms with Gasteiger partial charge in [0.1, 0.15) is 5.75 Å². The number of benzene rings is 1. The van der Waals surface area contributed by atoms with Crippen molar-refractivity contribution in [2.24, 2.45) is 5.92 Å². The number of hydrogen-bond acceptors (Lipinski definition) is 2. The van der Waals surface area contributed by atoms with Crippen molar-refractivity contribution < 1.29 is 4.74 Å². The van der Waals surface area contributed by atoms with Crippen LogP contribution in [0, 0.1) is 5.92 Å². The van der Waals surface area contributed by atoms with E-state index in [9.17, 15) is 0 Å².